The number of hydrogen-bond acceptors (Lipinski definition) is 1. The zero-order valence-electron chi connectivity index (χ0n) is 7.01. The van der Waals surface area contributed by atoms with Crippen LogP contribution in [-0.2, 0) is 4.79 Å². The van der Waals surface area contributed by atoms with Crippen molar-refractivity contribution in [1.29, 1.82) is 0 Å². The number of alkyl halides is 1. The van der Waals surface area contributed by atoms with E-state index >= 15 is 0 Å². The predicted octanol–water partition coefficient (Wildman–Crippen LogP) is 1.21. The molecule has 11 heavy (non-hydrogen) atoms. The van der Waals surface area contributed by atoms with Crippen LogP contribution in [0.3, 0.4) is 0 Å². The lowest BCUT2D eigenvalue weighted by atomic mass is 10.2. The van der Waals surface area contributed by atoms with Gasteiger partial charge in [-0.3, -0.25) is 4.79 Å². The monoisotopic (exact) mass is 159 g/mol. The normalized spacial score (nSPS) is 27.2. The quantitative estimate of drug-likeness (QED) is 0.563. The molecule has 2 atom stereocenters. The summed E-state index contributed by atoms with van der Waals surface area (Å²) in [6, 6.07) is 0. The summed E-state index contributed by atoms with van der Waals surface area (Å²) < 4.78 is 12.5. The number of amides is 1. The maximum atomic E-state index is 12.5. The van der Waals surface area contributed by atoms with Gasteiger partial charge in [-0.25, -0.2) is 4.39 Å². The van der Waals surface area contributed by atoms with Gasteiger partial charge in [0.25, 0.3) is 5.91 Å². The first-order valence-corrected chi connectivity index (χ1v) is 4.04. The van der Waals surface area contributed by atoms with Gasteiger partial charge in [-0.05, 0) is 19.3 Å². The number of hydrogen-bond donors (Lipinski definition) is 0. The molecule has 1 heterocycles. The number of halogens is 1. The zero-order valence-corrected chi connectivity index (χ0v) is 7.01. The summed E-state index contributed by atoms with van der Waals surface area (Å²) in [5, 5.41) is 0. The molecule has 0 aromatic carbocycles. The van der Waals surface area contributed by atoms with Crippen LogP contribution in [0.15, 0.2) is 0 Å². The number of rotatable bonds is 1. The van der Waals surface area contributed by atoms with E-state index in [0.29, 0.717) is 5.92 Å². The zero-order chi connectivity index (χ0) is 8.43. The average Bonchev–Trinajstić information content (AvgIpc) is 2.34. The Hall–Kier alpha value is -0.600. The Morgan fingerprint density at radius 3 is 2.73 bits per heavy atom. The Balaban J connectivity index is 2.43. The first-order chi connectivity index (χ1) is 5.11. The molecule has 0 aromatic rings. The molecule has 1 aliphatic rings. The minimum absolute atomic E-state index is 0.352. The number of likely N-dealkylation sites (tertiary alicyclic amines) is 1. The van der Waals surface area contributed by atoms with Gasteiger partial charge < -0.3 is 4.90 Å². The van der Waals surface area contributed by atoms with Crippen molar-refractivity contribution >= 4 is 5.91 Å². The van der Waals surface area contributed by atoms with Crippen molar-refractivity contribution in [2.24, 2.45) is 5.92 Å². The Morgan fingerprint density at radius 1 is 1.73 bits per heavy atom. The highest BCUT2D eigenvalue weighted by Crippen LogP contribution is 2.16. The van der Waals surface area contributed by atoms with E-state index in [-0.39, 0.29) is 5.91 Å². The van der Waals surface area contributed by atoms with Crippen molar-refractivity contribution in [3.8, 4) is 0 Å². The van der Waals surface area contributed by atoms with E-state index in [1.54, 1.807) is 4.90 Å². The molecule has 1 fully saturated rings. The molecule has 0 N–H and O–H groups in total. The molecule has 0 aliphatic carbocycles. The van der Waals surface area contributed by atoms with Crippen LogP contribution < -0.4 is 0 Å². The summed E-state index contributed by atoms with van der Waals surface area (Å²) in [4.78, 5) is 12.6. The van der Waals surface area contributed by atoms with Gasteiger partial charge in [0.2, 0.25) is 0 Å². The van der Waals surface area contributed by atoms with Crippen LogP contribution in [0, 0.1) is 5.92 Å². The van der Waals surface area contributed by atoms with Crippen LogP contribution >= 0.6 is 0 Å². The molecule has 1 amide bonds. The van der Waals surface area contributed by atoms with Gasteiger partial charge in [-0.1, -0.05) is 6.92 Å². The molecule has 64 valence electrons. The van der Waals surface area contributed by atoms with Gasteiger partial charge in [0.05, 0.1) is 0 Å². The van der Waals surface area contributed by atoms with Gasteiger partial charge >= 0.3 is 0 Å². The molecule has 1 rings (SSSR count). The SMILES string of the molecule is CC1CCN(C(=O)C(C)F)C1. The highest BCUT2D eigenvalue weighted by molar-refractivity contribution is 5.80. The summed E-state index contributed by atoms with van der Waals surface area (Å²) in [5.41, 5.74) is 0. The lowest BCUT2D eigenvalue weighted by molar-refractivity contribution is -0.134. The first-order valence-electron chi connectivity index (χ1n) is 4.04. The van der Waals surface area contributed by atoms with E-state index in [1.807, 2.05) is 0 Å². The third-order valence-electron chi connectivity index (χ3n) is 2.08. The Labute approximate surface area is 66.4 Å². The molecular formula is C8H14FNO. The van der Waals surface area contributed by atoms with Crippen molar-refractivity contribution in [3.05, 3.63) is 0 Å². The van der Waals surface area contributed by atoms with E-state index in [2.05, 4.69) is 6.92 Å². The molecule has 3 heteroatoms. The third kappa shape index (κ3) is 1.91. The fraction of sp³-hybridized carbons (Fsp3) is 0.875. The topological polar surface area (TPSA) is 20.3 Å². The van der Waals surface area contributed by atoms with Crippen LogP contribution in [0.5, 0.6) is 0 Å². The van der Waals surface area contributed by atoms with E-state index in [4.69, 9.17) is 0 Å². The van der Waals surface area contributed by atoms with Crippen molar-refractivity contribution in [2.75, 3.05) is 13.1 Å². The minimum Gasteiger partial charge on any atom is -0.340 e. The minimum atomic E-state index is -1.33. The second kappa shape index (κ2) is 3.20. The van der Waals surface area contributed by atoms with Crippen molar-refractivity contribution in [1.82, 2.24) is 4.90 Å². The molecule has 2 unspecified atom stereocenters. The maximum Gasteiger partial charge on any atom is 0.256 e. The molecule has 1 saturated heterocycles. The number of nitrogens with zero attached hydrogens (tertiary/aromatic N) is 1. The van der Waals surface area contributed by atoms with Crippen LogP contribution in [0.4, 0.5) is 4.39 Å². The van der Waals surface area contributed by atoms with E-state index in [9.17, 15) is 9.18 Å². The fourth-order valence-electron chi connectivity index (χ4n) is 1.39. The van der Waals surface area contributed by atoms with E-state index < -0.39 is 6.17 Å². The van der Waals surface area contributed by atoms with Crippen LogP contribution in [0.25, 0.3) is 0 Å². The van der Waals surface area contributed by atoms with Crippen molar-refractivity contribution in [2.45, 2.75) is 26.4 Å². The molecular weight excluding hydrogens is 145 g/mol. The maximum absolute atomic E-state index is 12.5. The molecule has 0 saturated carbocycles. The summed E-state index contributed by atoms with van der Waals surface area (Å²) in [6.07, 6.45) is -0.321. The fourth-order valence-corrected chi connectivity index (χ4v) is 1.39. The van der Waals surface area contributed by atoms with Gasteiger partial charge in [-0.15, -0.1) is 0 Å². The summed E-state index contributed by atoms with van der Waals surface area (Å²) in [7, 11) is 0. The van der Waals surface area contributed by atoms with E-state index in [0.717, 1.165) is 19.5 Å². The second-order valence-corrected chi connectivity index (χ2v) is 3.29. The van der Waals surface area contributed by atoms with Crippen molar-refractivity contribution in [3.63, 3.8) is 0 Å². The summed E-state index contributed by atoms with van der Waals surface area (Å²) in [6.45, 7) is 4.84. The van der Waals surface area contributed by atoms with Crippen molar-refractivity contribution < 1.29 is 9.18 Å². The van der Waals surface area contributed by atoms with Crippen LogP contribution in [0.2, 0.25) is 0 Å². The lowest BCUT2D eigenvalue weighted by Gasteiger charge is -2.15. The smallest absolute Gasteiger partial charge is 0.256 e. The first kappa shape index (κ1) is 8.50. The van der Waals surface area contributed by atoms with Gasteiger partial charge in [0.15, 0.2) is 6.17 Å². The molecule has 1 aliphatic heterocycles. The van der Waals surface area contributed by atoms with Crippen LogP contribution in [-0.4, -0.2) is 30.1 Å². The van der Waals surface area contributed by atoms with Gasteiger partial charge in [0, 0.05) is 13.1 Å². The number of carbonyl (C=O) groups is 1. The Morgan fingerprint density at radius 2 is 2.36 bits per heavy atom. The second-order valence-electron chi connectivity index (χ2n) is 3.29. The van der Waals surface area contributed by atoms with E-state index in [1.165, 1.54) is 6.92 Å². The van der Waals surface area contributed by atoms with Crippen LogP contribution in [0.1, 0.15) is 20.3 Å². The highest BCUT2D eigenvalue weighted by atomic mass is 19.1. The van der Waals surface area contributed by atoms with Gasteiger partial charge in [0.1, 0.15) is 0 Å². The molecule has 0 radical (unpaired) electrons. The highest BCUT2D eigenvalue weighted by Gasteiger charge is 2.26. The Bertz CT molecular complexity index is 158. The predicted molar refractivity (Wildman–Crippen MR) is 40.9 cm³/mol. The molecule has 0 bridgehead atoms. The number of carbonyl (C=O) groups excluding carboxylic acids is 1. The summed E-state index contributed by atoms with van der Waals surface area (Å²) >= 11 is 0. The van der Waals surface area contributed by atoms with Gasteiger partial charge in [-0.2, -0.15) is 0 Å². The third-order valence-corrected chi connectivity index (χ3v) is 2.08. The average molecular weight is 159 g/mol. The standard InChI is InChI=1S/C8H14FNO/c1-6-3-4-10(5-6)8(11)7(2)9/h6-7H,3-5H2,1-2H3. The lowest BCUT2D eigenvalue weighted by Crippen LogP contribution is -2.33. The molecule has 0 spiro atoms. The Kier molecular flexibility index (Phi) is 2.47. The summed E-state index contributed by atoms with van der Waals surface area (Å²) in [5.74, 6) is 0.187. The molecule has 0 aromatic heterocycles. The largest absolute Gasteiger partial charge is 0.340 e. The molecule has 2 nitrogen and oxygen atoms in total.